The standard InChI is InChI=1S/C38H51N3O9/c1-35-14-11-25(49-34(46)29(17-24-20-39-22-40-24)41-31(42)7-5-3-4-6-8-32(43)44)19-37(35,47)16-13-27-26(35)12-15-36(2)28(18-30-38(27,36)50-30)23-9-10-33(45)48-21-23/h9-10,20-22,25-30,47H,3-8,11-19H2,1-2H3,(H,39,40)(H,41,42)(H,43,44)/t25-,26-,27+,28+,29-,30+,35+,36+,37-,38+/m0/s1. The second-order valence-electron chi connectivity index (χ2n) is 16.2. The molecule has 3 heterocycles. The van der Waals surface area contributed by atoms with Crippen LogP contribution in [0.2, 0.25) is 0 Å². The number of rotatable bonds is 13. The van der Waals surface area contributed by atoms with Crippen molar-refractivity contribution in [3.05, 3.63) is 52.6 Å². The van der Waals surface area contributed by atoms with Gasteiger partial charge < -0.3 is 34.4 Å². The summed E-state index contributed by atoms with van der Waals surface area (Å²) in [4.78, 5) is 56.0. The number of aromatic nitrogens is 2. The molecule has 1 saturated heterocycles. The molecule has 5 aliphatic rings. The summed E-state index contributed by atoms with van der Waals surface area (Å²) in [5, 5.41) is 24.1. The van der Waals surface area contributed by atoms with Gasteiger partial charge in [-0.3, -0.25) is 9.59 Å². The van der Waals surface area contributed by atoms with Gasteiger partial charge in [-0.1, -0.05) is 26.7 Å². The number of H-pyrrole nitrogens is 1. The normalized spacial score (nSPS) is 37.4. The highest BCUT2D eigenvalue weighted by Gasteiger charge is 2.81. The van der Waals surface area contributed by atoms with Gasteiger partial charge in [0, 0.05) is 49.1 Å². The van der Waals surface area contributed by atoms with Crippen LogP contribution in [0.5, 0.6) is 0 Å². The number of hydrogen-bond donors (Lipinski definition) is 4. The number of nitrogens with one attached hydrogen (secondary N) is 2. The van der Waals surface area contributed by atoms with E-state index in [0.29, 0.717) is 43.7 Å². The Bertz CT molecular complexity index is 1620. The molecule has 4 saturated carbocycles. The molecule has 1 aliphatic heterocycles. The second-order valence-corrected chi connectivity index (χ2v) is 16.2. The van der Waals surface area contributed by atoms with E-state index < -0.39 is 29.7 Å². The van der Waals surface area contributed by atoms with Gasteiger partial charge in [0.15, 0.2) is 0 Å². The predicted molar refractivity (Wildman–Crippen MR) is 180 cm³/mol. The summed E-state index contributed by atoms with van der Waals surface area (Å²) in [5.41, 5.74) is -0.228. The summed E-state index contributed by atoms with van der Waals surface area (Å²) in [5.74, 6) is -0.737. The topological polar surface area (TPSA) is 184 Å². The van der Waals surface area contributed by atoms with Crippen molar-refractivity contribution in [3.63, 3.8) is 0 Å². The lowest BCUT2D eigenvalue weighted by Gasteiger charge is -2.64. The number of nitrogens with zero attached hydrogens (tertiary/aromatic N) is 1. The lowest BCUT2D eigenvalue weighted by molar-refractivity contribution is -0.227. The Morgan fingerprint density at radius 1 is 1.04 bits per heavy atom. The van der Waals surface area contributed by atoms with Crippen molar-refractivity contribution in [1.29, 1.82) is 0 Å². The van der Waals surface area contributed by atoms with E-state index in [0.717, 1.165) is 50.5 Å². The number of aliphatic carboxylic acids is 1. The third kappa shape index (κ3) is 5.99. The maximum atomic E-state index is 13.6. The van der Waals surface area contributed by atoms with Crippen LogP contribution in [0.3, 0.4) is 0 Å². The van der Waals surface area contributed by atoms with Crippen LogP contribution in [-0.4, -0.2) is 67.5 Å². The van der Waals surface area contributed by atoms with Gasteiger partial charge >= 0.3 is 17.6 Å². The minimum atomic E-state index is -0.990. The van der Waals surface area contributed by atoms with E-state index in [9.17, 15) is 24.3 Å². The number of unbranched alkanes of at least 4 members (excludes halogenated alkanes) is 3. The summed E-state index contributed by atoms with van der Waals surface area (Å²) in [7, 11) is 0. The Morgan fingerprint density at radius 2 is 1.80 bits per heavy atom. The van der Waals surface area contributed by atoms with Crippen LogP contribution in [-0.2, 0) is 30.3 Å². The molecule has 4 aliphatic carbocycles. The summed E-state index contributed by atoms with van der Waals surface area (Å²) in [6, 6.07) is 2.52. The minimum Gasteiger partial charge on any atom is -0.481 e. The molecule has 1 spiro atoms. The molecule has 4 N–H and O–H groups in total. The van der Waals surface area contributed by atoms with E-state index in [-0.39, 0.29) is 65.2 Å². The number of aliphatic hydroxyl groups is 1. The molecule has 5 fully saturated rings. The van der Waals surface area contributed by atoms with Crippen LogP contribution < -0.4 is 10.9 Å². The number of epoxide rings is 1. The summed E-state index contributed by atoms with van der Waals surface area (Å²) >= 11 is 0. The smallest absolute Gasteiger partial charge is 0.335 e. The van der Waals surface area contributed by atoms with Gasteiger partial charge in [0.25, 0.3) is 0 Å². The third-order valence-electron chi connectivity index (χ3n) is 13.7. The number of esters is 1. The van der Waals surface area contributed by atoms with Crippen molar-refractivity contribution in [1.82, 2.24) is 15.3 Å². The predicted octanol–water partition coefficient (Wildman–Crippen LogP) is 4.80. The van der Waals surface area contributed by atoms with Crippen LogP contribution in [0.25, 0.3) is 0 Å². The van der Waals surface area contributed by atoms with Crippen molar-refractivity contribution in [2.75, 3.05) is 0 Å². The minimum absolute atomic E-state index is 0.0776. The number of amides is 1. The maximum absolute atomic E-state index is 13.6. The largest absolute Gasteiger partial charge is 0.481 e. The highest BCUT2D eigenvalue weighted by molar-refractivity contribution is 5.84. The molecule has 2 aromatic heterocycles. The third-order valence-corrected chi connectivity index (χ3v) is 13.7. The molecular weight excluding hydrogens is 642 g/mol. The average Bonchev–Trinajstić information content (AvgIpc) is 3.42. The van der Waals surface area contributed by atoms with Gasteiger partial charge in [-0.25, -0.2) is 14.6 Å². The zero-order valence-electron chi connectivity index (χ0n) is 29.2. The SMILES string of the molecule is C[C@]12CC[C@H](OC(=O)[C@H](Cc3cnc[nH]3)NC(=O)CCCCCCC(=O)O)C[C@@]1(O)CC[C@@H]1[C@@H]2CC[C@]2(C)[C@@H](c3ccc(=O)oc3)C[C@H]3O[C@]132. The van der Waals surface area contributed by atoms with Crippen molar-refractivity contribution in [2.45, 2.75) is 146 Å². The number of carboxylic acids is 1. The van der Waals surface area contributed by atoms with Gasteiger partial charge in [0.1, 0.15) is 17.7 Å². The first-order chi connectivity index (χ1) is 23.9. The molecule has 7 rings (SSSR count). The number of fused-ring (bicyclic) bond motifs is 3. The van der Waals surface area contributed by atoms with Gasteiger partial charge in [-0.15, -0.1) is 0 Å². The first-order valence-electron chi connectivity index (χ1n) is 18.6. The van der Waals surface area contributed by atoms with Crippen molar-refractivity contribution in [3.8, 4) is 0 Å². The van der Waals surface area contributed by atoms with E-state index in [1.54, 1.807) is 12.5 Å². The monoisotopic (exact) mass is 693 g/mol. The molecule has 272 valence electrons. The molecule has 12 heteroatoms. The highest BCUT2D eigenvalue weighted by Crippen LogP contribution is 2.78. The zero-order valence-corrected chi connectivity index (χ0v) is 29.2. The average molecular weight is 694 g/mol. The van der Waals surface area contributed by atoms with Crippen LogP contribution in [0.15, 0.2) is 40.1 Å². The number of carbonyl (C=O) groups is 3. The maximum Gasteiger partial charge on any atom is 0.335 e. The van der Waals surface area contributed by atoms with E-state index in [1.807, 2.05) is 6.07 Å². The molecule has 2 aromatic rings. The molecule has 1 amide bonds. The number of hydrogen-bond acceptors (Lipinski definition) is 9. The first kappa shape index (κ1) is 34.9. The van der Waals surface area contributed by atoms with E-state index in [4.69, 9.17) is 19.0 Å². The molecule has 0 unspecified atom stereocenters. The van der Waals surface area contributed by atoms with E-state index >= 15 is 0 Å². The number of aromatic amines is 1. The van der Waals surface area contributed by atoms with Crippen LogP contribution >= 0.6 is 0 Å². The van der Waals surface area contributed by atoms with Gasteiger partial charge in [-0.05, 0) is 92.6 Å². The summed E-state index contributed by atoms with van der Waals surface area (Å²) in [6.07, 6.45) is 13.7. The number of carbonyl (C=O) groups excluding carboxylic acids is 2. The molecule has 10 atom stereocenters. The van der Waals surface area contributed by atoms with Crippen molar-refractivity contribution in [2.24, 2.45) is 22.7 Å². The van der Waals surface area contributed by atoms with E-state index in [1.165, 1.54) is 12.4 Å². The fraction of sp³-hybridized carbons (Fsp3) is 0.711. The summed E-state index contributed by atoms with van der Waals surface area (Å²) in [6.45, 7) is 4.59. The van der Waals surface area contributed by atoms with Crippen LogP contribution in [0.1, 0.15) is 121 Å². The number of ether oxygens (including phenoxy) is 2. The van der Waals surface area contributed by atoms with Gasteiger partial charge in [0.05, 0.1) is 24.3 Å². The Balaban J connectivity index is 0.989. The van der Waals surface area contributed by atoms with Crippen LogP contribution in [0.4, 0.5) is 0 Å². The Kier molecular flexibility index (Phi) is 9.24. The summed E-state index contributed by atoms with van der Waals surface area (Å²) < 4.78 is 18.0. The molecule has 0 radical (unpaired) electrons. The fourth-order valence-electron chi connectivity index (χ4n) is 11.1. The lowest BCUT2D eigenvalue weighted by Crippen LogP contribution is -2.65. The van der Waals surface area contributed by atoms with Gasteiger partial charge in [-0.2, -0.15) is 0 Å². The van der Waals surface area contributed by atoms with Crippen LogP contribution in [0, 0.1) is 22.7 Å². The molecule has 0 bridgehead atoms. The number of imidazole rings is 1. The highest BCUT2D eigenvalue weighted by atomic mass is 16.6. The molecule has 0 aromatic carbocycles. The van der Waals surface area contributed by atoms with Gasteiger partial charge in [0.2, 0.25) is 5.91 Å². The Hall–Kier alpha value is -3.51. The van der Waals surface area contributed by atoms with Crippen molar-refractivity contribution < 1.29 is 38.5 Å². The second kappa shape index (κ2) is 13.2. The molecule has 50 heavy (non-hydrogen) atoms. The fourth-order valence-corrected chi connectivity index (χ4v) is 11.1. The van der Waals surface area contributed by atoms with E-state index in [2.05, 4.69) is 29.1 Å². The lowest BCUT2D eigenvalue weighted by atomic mass is 9.42. The zero-order chi connectivity index (χ0) is 35.3. The Labute approximate surface area is 292 Å². The Morgan fingerprint density at radius 3 is 2.52 bits per heavy atom. The quantitative estimate of drug-likeness (QED) is 0.129. The van der Waals surface area contributed by atoms with Crippen molar-refractivity contribution >= 4 is 17.8 Å². The number of carboxylic acid groups (broad SMARTS) is 1. The first-order valence-corrected chi connectivity index (χ1v) is 18.6. The molecule has 12 nitrogen and oxygen atoms in total. The molecular formula is C38H51N3O9.